The molecule has 4 heteroatoms. The van der Waals surface area contributed by atoms with Crippen molar-refractivity contribution in [1.82, 2.24) is 4.98 Å². The van der Waals surface area contributed by atoms with Gasteiger partial charge in [0, 0.05) is 16.3 Å². The number of para-hydroxylation sites is 1. The lowest BCUT2D eigenvalue weighted by molar-refractivity contribution is -0.136. The van der Waals surface area contributed by atoms with Gasteiger partial charge < -0.3 is 9.52 Å². The van der Waals surface area contributed by atoms with Crippen LogP contribution >= 0.6 is 0 Å². The molecule has 0 radical (unpaired) electrons. The van der Waals surface area contributed by atoms with Gasteiger partial charge >= 0.3 is 5.97 Å². The van der Waals surface area contributed by atoms with Crippen molar-refractivity contribution < 1.29 is 14.3 Å². The molecule has 26 heavy (non-hydrogen) atoms. The molecule has 0 atom stereocenters. The maximum Gasteiger partial charge on any atom is 0.307 e. The van der Waals surface area contributed by atoms with Crippen LogP contribution < -0.4 is 0 Å². The largest absolute Gasteiger partial charge is 0.481 e. The number of hydrogen-bond acceptors (Lipinski definition) is 3. The summed E-state index contributed by atoms with van der Waals surface area (Å²) >= 11 is 0. The van der Waals surface area contributed by atoms with Gasteiger partial charge in [-0.1, -0.05) is 29.8 Å². The molecule has 0 fully saturated rings. The first-order chi connectivity index (χ1) is 12.4. The van der Waals surface area contributed by atoms with Gasteiger partial charge in [0.05, 0.1) is 11.9 Å². The topological polar surface area (TPSA) is 63.3 Å². The maximum atomic E-state index is 11.4. The standard InChI is InChI=1S/C22H19NO3/c1-12-8-13(2)21-17(9-12)15(11-20(24)25)10-18(23-21)22-14(3)16-6-4-5-7-19(16)26-22/h4-10H,11H2,1-3H3,(H,24,25). The molecule has 0 spiro atoms. The number of rotatable bonds is 3. The summed E-state index contributed by atoms with van der Waals surface area (Å²) in [6.45, 7) is 6.02. The molecule has 4 rings (SSSR count). The van der Waals surface area contributed by atoms with Gasteiger partial charge in [0.25, 0.3) is 0 Å². The van der Waals surface area contributed by atoms with Gasteiger partial charge in [-0.05, 0) is 50.1 Å². The van der Waals surface area contributed by atoms with Crippen LogP contribution in [-0.2, 0) is 11.2 Å². The first-order valence-corrected chi connectivity index (χ1v) is 8.55. The fourth-order valence-electron chi connectivity index (χ4n) is 3.59. The maximum absolute atomic E-state index is 11.4. The molecular formula is C22H19NO3. The molecule has 0 saturated carbocycles. The SMILES string of the molecule is Cc1cc(C)c2nc(-c3oc4ccccc4c3C)cc(CC(=O)O)c2c1. The first-order valence-electron chi connectivity index (χ1n) is 8.55. The van der Waals surface area contributed by atoms with Crippen molar-refractivity contribution in [2.24, 2.45) is 0 Å². The van der Waals surface area contributed by atoms with E-state index in [9.17, 15) is 9.90 Å². The van der Waals surface area contributed by atoms with E-state index in [1.54, 1.807) is 0 Å². The van der Waals surface area contributed by atoms with E-state index in [4.69, 9.17) is 9.40 Å². The average molecular weight is 345 g/mol. The Kier molecular flexibility index (Phi) is 3.76. The highest BCUT2D eigenvalue weighted by Crippen LogP contribution is 2.34. The quantitative estimate of drug-likeness (QED) is 0.554. The molecule has 4 aromatic rings. The second-order valence-electron chi connectivity index (χ2n) is 6.77. The lowest BCUT2D eigenvalue weighted by Crippen LogP contribution is -2.03. The number of aromatic nitrogens is 1. The fraction of sp³-hybridized carbons (Fsp3) is 0.182. The van der Waals surface area contributed by atoms with Crippen molar-refractivity contribution in [2.45, 2.75) is 27.2 Å². The van der Waals surface area contributed by atoms with Crippen LogP contribution in [0.5, 0.6) is 0 Å². The Morgan fingerprint density at radius 1 is 1.08 bits per heavy atom. The van der Waals surface area contributed by atoms with Crippen molar-refractivity contribution in [1.29, 1.82) is 0 Å². The van der Waals surface area contributed by atoms with E-state index in [-0.39, 0.29) is 6.42 Å². The van der Waals surface area contributed by atoms with Crippen LogP contribution in [0.2, 0.25) is 0 Å². The Hall–Kier alpha value is -3.14. The van der Waals surface area contributed by atoms with Gasteiger partial charge in [0.15, 0.2) is 5.76 Å². The molecule has 0 amide bonds. The minimum Gasteiger partial charge on any atom is -0.481 e. The van der Waals surface area contributed by atoms with Crippen LogP contribution in [-0.4, -0.2) is 16.1 Å². The molecule has 0 unspecified atom stereocenters. The van der Waals surface area contributed by atoms with Crippen molar-refractivity contribution in [2.75, 3.05) is 0 Å². The van der Waals surface area contributed by atoms with Crippen LogP contribution in [0, 0.1) is 20.8 Å². The lowest BCUT2D eigenvalue weighted by Gasteiger charge is -2.11. The third-order valence-electron chi connectivity index (χ3n) is 4.75. The molecular weight excluding hydrogens is 326 g/mol. The number of nitrogens with zero attached hydrogens (tertiary/aromatic N) is 1. The van der Waals surface area contributed by atoms with E-state index in [1.807, 2.05) is 57.2 Å². The highest BCUT2D eigenvalue weighted by molar-refractivity contribution is 5.92. The smallest absolute Gasteiger partial charge is 0.307 e. The van der Waals surface area contributed by atoms with Crippen LogP contribution in [0.25, 0.3) is 33.3 Å². The monoisotopic (exact) mass is 345 g/mol. The average Bonchev–Trinajstić information content (AvgIpc) is 2.92. The number of fused-ring (bicyclic) bond motifs is 2. The molecule has 130 valence electrons. The summed E-state index contributed by atoms with van der Waals surface area (Å²) in [5.41, 5.74) is 6.20. The zero-order valence-corrected chi connectivity index (χ0v) is 15.0. The lowest BCUT2D eigenvalue weighted by atomic mass is 9.99. The summed E-state index contributed by atoms with van der Waals surface area (Å²) in [5.74, 6) is -0.163. The van der Waals surface area contributed by atoms with E-state index in [0.717, 1.165) is 44.1 Å². The predicted octanol–water partition coefficient (Wildman–Crippen LogP) is 5.20. The fourth-order valence-corrected chi connectivity index (χ4v) is 3.59. The van der Waals surface area contributed by atoms with Gasteiger partial charge in [-0.3, -0.25) is 4.79 Å². The molecule has 0 aliphatic carbocycles. The number of carbonyl (C=O) groups is 1. The van der Waals surface area contributed by atoms with Crippen molar-refractivity contribution in [3.63, 3.8) is 0 Å². The van der Waals surface area contributed by atoms with E-state index in [2.05, 4.69) is 6.07 Å². The van der Waals surface area contributed by atoms with E-state index in [0.29, 0.717) is 11.5 Å². The second-order valence-corrected chi connectivity index (χ2v) is 6.77. The van der Waals surface area contributed by atoms with Crippen LogP contribution in [0.4, 0.5) is 0 Å². The first kappa shape index (κ1) is 16.3. The highest BCUT2D eigenvalue weighted by Gasteiger charge is 2.17. The molecule has 0 saturated heterocycles. The summed E-state index contributed by atoms with van der Waals surface area (Å²) in [7, 11) is 0. The summed E-state index contributed by atoms with van der Waals surface area (Å²) in [6.07, 6.45) is -0.0474. The number of pyridine rings is 1. The second kappa shape index (κ2) is 5.99. The Balaban J connectivity index is 2.03. The summed E-state index contributed by atoms with van der Waals surface area (Å²) in [6, 6.07) is 13.8. The summed E-state index contributed by atoms with van der Waals surface area (Å²) in [5, 5.41) is 11.3. The number of carboxylic acid groups (broad SMARTS) is 1. The van der Waals surface area contributed by atoms with E-state index in [1.165, 1.54) is 0 Å². The number of aliphatic carboxylic acids is 1. The van der Waals surface area contributed by atoms with Gasteiger partial charge in [0.2, 0.25) is 0 Å². The normalized spacial score (nSPS) is 11.3. The molecule has 1 N–H and O–H groups in total. The van der Waals surface area contributed by atoms with Crippen molar-refractivity contribution >= 4 is 27.8 Å². The third kappa shape index (κ3) is 2.64. The summed E-state index contributed by atoms with van der Waals surface area (Å²) < 4.78 is 6.05. The van der Waals surface area contributed by atoms with Crippen molar-refractivity contribution in [3.8, 4) is 11.5 Å². The molecule has 2 aromatic carbocycles. The molecule has 2 aromatic heterocycles. The minimum atomic E-state index is -0.857. The van der Waals surface area contributed by atoms with E-state index < -0.39 is 5.97 Å². The summed E-state index contributed by atoms with van der Waals surface area (Å²) in [4.78, 5) is 16.2. The third-order valence-corrected chi connectivity index (χ3v) is 4.75. The molecule has 4 nitrogen and oxygen atoms in total. The molecule has 0 aliphatic heterocycles. The van der Waals surface area contributed by atoms with Gasteiger partial charge in [-0.15, -0.1) is 0 Å². The Bertz CT molecular complexity index is 1170. The Labute approximate surface area is 151 Å². The highest BCUT2D eigenvalue weighted by atomic mass is 16.4. The van der Waals surface area contributed by atoms with Gasteiger partial charge in [0.1, 0.15) is 11.3 Å². The number of carboxylic acids is 1. The van der Waals surface area contributed by atoms with Gasteiger partial charge in [-0.2, -0.15) is 0 Å². The van der Waals surface area contributed by atoms with Crippen LogP contribution in [0.15, 0.2) is 46.9 Å². The van der Waals surface area contributed by atoms with Crippen LogP contribution in [0.1, 0.15) is 22.3 Å². The predicted molar refractivity (Wildman–Crippen MR) is 103 cm³/mol. The number of aryl methyl sites for hydroxylation is 3. The number of benzene rings is 2. The minimum absolute atomic E-state index is 0.0474. The molecule has 0 aliphatic rings. The van der Waals surface area contributed by atoms with E-state index >= 15 is 0 Å². The van der Waals surface area contributed by atoms with Crippen LogP contribution in [0.3, 0.4) is 0 Å². The van der Waals surface area contributed by atoms with Crippen molar-refractivity contribution in [3.05, 3.63) is 64.7 Å². The Morgan fingerprint density at radius 3 is 2.58 bits per heavy atom. The molecule has 2 heterocycles. The number of furan rings is 1. The number of hydrogen-bond donors (Lipinski definition) is 1. The zero-order chi connectivity index (χ0) is 18.4. The van der Waals surface area contributed by atoms with Gasteiger partial charge in [-0.25, -0.2) is 4.98 Å². The molecule has 0 bridgehead atoms. The Morgan fingerprint density at radius 2 is 1.85 bits per heavy atom. The zero-order valence-electron chi connectivity index (χ0n) is 15.0.